The van der Waals surface area contributed by atoms with Crippen LogP contribution in [0.5, 0.6) is 0 Å². The van der Waals surface area contributed by atoms with Crippen LogP contribution in [0, 0.1) is 11.5 Å². The van der Waals surface area contributed by atoms with E-state index in [1.807, 2.05) is 6.19 Å². The summed E-state index contributed by atoms with van der Waals surface area (Å²) >= 11 is 11.6. The number of alkyl halides is 1. The first kappa shape index (κ1) is 17.2. The molecule has 0 unspecified atom stereocenters. The highest BCUT2D eigenvalue weighted by Gasteiger charge is 2.28. The van der Waals surface area contributed by atoms with E-state index in [1.54, 1.807) is 6.07 Å². The summed E-state index contributed by atoms with van der Waals surface area (Å²) < 4.78 is 27.6. The van der Waals surface area contributed by atoms with Crippen LogP contribution in [0.25, 0.3) is 0 Å². The van der Waals surface area contributed by atoms with Gasteiger partial charge in [0.15, 0.2) is 6.19 Å². The van der Waals surface area contributed by atoms with E-state index >= 15 is 0 Å². The van der Waals surface area contributed by atoms with Crippen molar-refractivity contribution in [2.24, 2.45) is 0 Å². The van der Waals surface area contributed by atoms with Gasteiger partial charge in [-0.1, -0.05) is 11.6 Å². The van der Waals surface area contributed by atoms with Gasteiger partial charge >= 0.3 is 0 Å². The maximum atomic E-state index is 12.5. The SMILES string of the molecule is N#CN1CC[C@@H](NS(=O)(=O)c2cc(NCCCl)ccc2Cl)C1. The van der Waals surface area contributed by atoms with E-state index < -0.39 is 10.0 Å². The Bertz CT molecular complexity index is 675. The Morgan fingerprint density at radius 1 is 1.45 bits per heavy atom. The second kappa shape index (κ2) is 7.38. The van der Waals surface area contributed by atoms with E-state index in [4.69, 9.17) is 28.5 Å². The molecule has 2 rings (SSSR count). The first-order valence-electron chi connectivity index (χ1n) is 6.72. The fourth-order valence-electron chi connectivity index (χ4n) is 2.24. The maximum Gasteiger partial charge on any atom is 0.242 e. The molecule has 6 nitrogen and oxygen atoms in total. The molecule has 2 N–H and O–H groups in total. The topological polar surface area (TPSA) is 85.2 Å². The molecule has 0 aliphatic carbocycles. The van der Waals surface area contributed by atoms with Gasteiger partial charge in [-0.25, -0.2) is 13.1 Å². The summed E-state index contributed by atoms with van der Waals surface area (Å²) in [4.78, 5) is 1.54. The molecule has 0 saturated carbocycles. The second-order valence-corrected chi connectivity index (χ2v) is 7.38. The Kier molecular flexibility index (Phi) is 5.75. The number of sulfonamides is 1. The minimum absolute atomic E-state index is 0.0177. The summed E-state index contributed by atoms with van der Waals surface area (Å²) in [7, 11) is -3.74. The first-order valence-corrected chi connectivity index (χ1v) is 9.12. The number of hydrogen-bond acceptors (Lipinski definition) is 5. The minimum atomic E-state index is -3.74. The van der Waals surface area contributed by atoms with Crippen molar-refractivity contribution in [1.82, 2.24) is 9.62 Å². The highest BCUT2D eigenvalue weighted by Crippen LogP contribution is 2.25. The third kappa shape index (κ3) is 4.17. The van der Waals surface area contributed by atoms with Crippen molar-refractivity contribution in [2.75, 3.05) is 30.8 Å². The lowest BCUT2D eigenvalue weighted by molar-refractivity contribution is 0.470. The van der Waals surface area contributed by atoms with E-state index in [0.29, 0.717) is 37.6 Å². The molecule has 0 radical (unpaired) electrons. The molecule has 1 saturated heterocycles. The average molecular weight is 363 g/mol. The predicted molar refractivity (Wildman–Crippen MR) is 86.6 cm³/mol. The van der Waals surface area contributed by atoms with Crippen molar-refractivity contribution in [1.29, 1.82) is 5.26 Å². The van der Waals surface area contributed by atoms with Gasteiger partial charge in [0.2, 0.25) is 10.0 Å². The zero-order valence-corrected chi connectivity index (χ0v) is 14.0. The van der Waals surface area contributed by atoms with Crippen LogP contribution in [0.4, 0.5) is 5.69 Å². The molecule has 0 aromatic heterocycles. The number of likely N-dealkylation sites (tertiary alicyclic amines) is 1. The van der Waals surface area contributed by atoms with Gasteiger partial charge in [-0.2, -0.15) is 5.26 Å². The second-order valence-electron chi connectivity index (χ2n) is 4.91. The van der Waals surface area contributed by atoms with Gasteiger partial charge in [0.05, 0.1) is 5.02 Å². The van der Waals surface area contributed by atoms with Crippen molar-refractivity contribution >= 4 is 38.9 Å². The Hall–Kier alpha value is -1.20. The van der Waals surface area contributed by atoms with Crippen LogP contribution in [0.15, 0.2) is 23.1 Å². The van der Waals surface area contributed by atoms with Crippen molar-refractivity contribution < 1.29 is 8.42 Å². The van der Waals surface area contributed by atoms with Crippen molar-refractivity contribution in [3.8, 4) is 6.19 Å². The minimum Gasteiger partial charge on any atom is -0.384 e. The van der Waals surface area contributed by atoms with Gasteiger partial charge in [-0.3, -0.25) is 0 Å². The molecule has 1 heterocycles. The molecule has 0 amide bonds. The van der Waals surface area contributed by atoms with Gasteiger partial charge < -0.3 is 10.2 Å². The van der Waals surface area contributed by atoms with Crippen LogP contribution in [0.3, 0.4) is 0 Å². The van der Waals surface area contributed by atoms with Crippen LogP contribution >= 0.6 is 23.2 Å². The molecule has 1 atom stereocenters. The van der Waals surface area contributed by atoms with Gasteiger partial charge in [0.1, 0.15) is 4.90 Å². The van der Waals surface area contributed by atoms with Crippen LogP contribution in [0.1, 0.15) is 6.42 Å². The Morgan fingerprint density at radius 3 is 2.86 bits per heavy atom. The third-order valence-corrected chi connectivity index (χ3v) is 5.49. The maximum absolute atomic E-state index is 12.5. The number of nitriles is 1. The highest BCUT2D eigenvalue weighted by molar-refractivity contribution is 7.89. The molecular formula is C13H16Cl2N4O2S. The number of nitrogens with zero attached hydrogens (tertiary/aromatic N) is 2. The predicted octanol–water partition coefficient (Wildman–Crippen LogP) is 1.82. The summed E-state index contributed by atoms with van der Waals surface area (Å²) in [6.07, 6.45) is 2.60. The molecule has 1 aliphatic heterocycles. The molecule has 0 bridgehead atoms. The molecule has 22 heavy (non-hydrogen) atoms. The standard InChI is InChI=1S/C13H16Cl2N4O2S/c14-4-5-17-10-1-2-12(15)13(7-10)22(20,21)18-11-3-6-19(8-11)9-16/h1-2,7,11,17-18H,3-6,8H2/t11-/m1/s1. The molecule has 9 heteroatoms. The van der Waals surface area contributed by atoms with Crippen LogP contribution in [-0.4, -0.2) is 44.9 Å². The number of rotatable bonds is 6. The molecule has 0 spiro atoms. The summed E-state index contributed by atoms with van der Waals surface area (Å²) in [5.74, 6) is 0.412. The van der Waals surface area contributed by atoms with Crippen molar-refractivity contribution in [2.45, 2.75) is 17.4 Å². The van der Waals surface area contributed by atoms with E-state index in [-0.39, 0.29) is 16.0 Å². The van der Waals surface area contributed by atoms with E-state index in [9.17, 15) is 8.42 Å². The molecule has 1 aromatic carbocycles. The fraction of sp³-hybridized carbons (Fsp3) is 0.462. The van der Waals surface area contributed by atoms with Crippen molar-refractivity contribution in [3.63, 3.8) is 0 Å². The van der Waals surface area contributed by atoms with E-state index in [1.165, 1.54) is 17.0 Å². The first-order chi connectivity index (χ1) is 10.5. The lowest BCUT2D eigenvalue weighted by atomic mass is 10.3. The van der Waals surface area contributed by atoms with Gasteiger partial charge in [0.25, 0.3) is 0 Å². The number of anilines is 1. The van der Waals surface area contributed by atoms with Crippen LogP contribution < -0.4 is 10.0 Å². The average Bonchev–Trinajstić information content (AvgIpc) is 2.93. The molecule has 1 aromatic rings. The lowest BCUT2D eigenvalue weighted by Gasteiger charge is -2.15. The smallest absolute Gasteiger partial charge is 0.242 e. The van der Waals surface area contributed by atoms with Gasteiger partial charge in [-0.15, -0.1) is 11.6 Å². The Morgan fingerprint density at radius 2 is 2.23 bits per heavy atom. The number of nitrogens with one attached hydrogen (secondary N) is 2. The third-order valence-electron chi connectivity index (χ3n) is 3.30. The fourth-order valence-corrected chi connectivity index (χ4v) is 4.12. The normalized spacial score (nSPS) is 18.2. The van der Waals surface area contributed by atoms with Gasteiger partial charge in [-0.05, 0) is 24.6 Å². The molecule has 120 valence electrons. The summed E-state index contributed by atoms with van der Waals surface area (Å²) in [5, 5.41) is 12.0. The molecule has 1 aliphatic rings. The summed E-state index contributed by atoms with van der Waals surface area (Å²) in [5.41, 5.74) is 0.635. The monoisotopic (exact) mass is 362 g/mol. The lowest BCUT2D eigenvalue weighted by Crippen LogP contribution is -2.36. The Labute approximate surface area is 140 Å². The number of halogens is 2. The Balaban J connectivity index is 2.16. The van der Waals surface area contributed by atoms with Gasteiger partial charge in [0, 0.05) is 37.2 Å². The van der Waals surface area contributed by atoms with E-state index in [0.717, 1.165) is 0 Å². The summed E-state index contributed by atoms with van der Waals surface area (Å²) in [6, 6.07) is 4.41. The van der Waals surface area contributed by atoms with Crippen molar-refractivity contribution in [3.05, 3.63) is 23.2 Å². The van der Waals surface area contributed by atoms with Crippen LogP contribution in [0.2, 0.25) is 5.02 Å². The number of hydrogen-bond donors (Lipinski definition) is 2. The van der Waals surface area contributed by atoms with Crippen LogP contribution in [-0.2, 0) is 10.0 Å². The zero-order chi connectivity index (χ0) is 16.2. The zero-order valence-electron chi connectivity index (χ0n) is 11.7. The largest absolute Gasteiger partial charge is 0.384 e. The molecular weight excluding hydrogens is 347 g/mol. The van der Waals surface area contributed by atoms with E-state index in [2.05, 4.69) is 10.0 Å². The molecule has 1 fully saturated rings. The highest BCUT2D eigenvalue weighted by atomic mass is 35.5. The quantitative estimate of drug-likeness (QED) is 0.595. The number of benzene rings is 1. The summed E-state index contributed by atoms with van der Waals surface area (Å²) in [6.45, 7) is 1.45.